The van der Waals surface area contributed by atoms with E-state index in [2.05, 4.69) is 70.3 Å². The molecule has 100 valence electrons. The number of hydrogen-bond acceptors (Lipinski definition) is 1. The third kappa shape index (κ3) is 2.98. The van der Waals surface area contributed by atoms with E-state index in [4.69, 9.17) is 0 Å². The summed E-state index contributed by atoms with van der Waals surface area (Å²) in [5, 5.41) is 3.60. The second-order valence-electron chi connectivity index (χ2n) is 5.50. The van der Waals surface area contributed by atoms with Crippen molar-refractivity contribution < 1.29 is 0 Å². The molecule has 0 aromatic heterocycles. The Morgan fingerprint density at radius 3 is 1.84 bits per heavy atom. The Morgan fingerprint density at radius 2 is 1.32 bits per heavy atom. The van der Waals surface area contributed by atoms with Gasteiger partial charge in [-0.25, -0.2) is 0 Å². The highest BCUT2D eigenvalue weighted by Gasteiger charge is 2.06. The number of anilines is 1. The molecule has 0 atom stereocenters. The van der Waals surface area contributed by atoms with Gasteiger partial charge in [-0.05, 0) is 62.4 Å². The summed E-state index contributed by atoms with van der Waals surface area (Å²) in [4.78, 5) is 0. The number of para-hydroxylation sites is 1. The SMILES string of the molecule is Cc1cc(C)c(CNc2c(C)cccc2C)c(C)c1. The van der Waals surface area contributed by atoms with Gasteiger partial charge in [0.1, 0.15) is 0 Å². The van der Waals surface area contributed by atoms with Crippen molar-refractivity contribution in [2.75, 3.05) is 5.32 Å². The van der Waals surface area contributed by atoms with Crippen molar-refractivity contribution in [2.24, 2.45) is 0 Å². The summed E-state index contributed by atoms with van der Waals surface area (Å²) >= 11 is 0. The van der Waals surface area contributed by atoms with Gasteiger partial charge < -0.3 is 5.32 Å². The molecule has 1 nitrogen and oxygen atoms in total. The van der Waals surface area contributed by atoms with Gasteiger partial charge in [0.2, 0.25) is 0 Å². The van der Waals surface area contributed by atoms with Crippen LogP contribution >= 0.6 is 0 Å². The van der Waals surface area contributed by atoms with Crippen molar-refractivity contribution in [3.63, 3.8) is 0 Å². The number of hydrogen-bond donors (Lipinski definition) is 1. The highest BCUT2D eigenvalue weighted by atomic mass is 14.9. The van der Waals surface area contributed by atoms with Crippen LogP contribution in [0.3, 0.4) is 0 Å². The summed E-state index contributed by atoms with van der Waals surface area (Å²) in [7, 11) is 0. The van der Waals surface area contributed by atoms with E-state index in [1.807, 2.05) is 0 Å². The molecule has 1 heteroatoms. The van der Waals surface area contributed by atoms with Gasteiger partial charge in [0, 0.05) is 12.2 Å². The minimum absolute atomic E-state index is 0.892. The van der Waals surface area contributed by atoms with Crippen molar-refractivity contribution in [3.05, 3.63) is 63.7 Å². The lowest BCUT2D eigenvalue weighted by molar-refractivity contribution is 1.07. The Balaban J connectivity index is 2.24. The summed E-state index contributed by atoms with van der Waals surface area (Å²) < 4.78 is 0. The molecular formula is C18H23N. The molecule has 19 heavy (non-hydrogen) atoms. The minimum atomic E-state index is 0.892. The molecule has 0 unspecified atom stereocenters. The first-order valence-electron chi connectivity index (χ1n) is 6.86. The van der Waals surface area contributed by atoms with Gasteiger partial charge in [0.05, 0.1) is 0 Å². The van der Waals surface area contributed by atoms with E-state index in [9.17, 15) is 0 Å². The fraction of sp³-hybridized carbons (Fsp3) is 0.333. The van der Waals surface area contributed by atoms with Gasteiger partial charge in [-0.2, -0.15) is 0 Å². The molecule has 0 fully saturated rings. The molecule has 0 heterocycles. The molecule has 0 radical (unpaired) electrons. The Bertz CT molecular complexity index is 553. The summed E-state index contributed by atoms with van der Waals surface area (Å²) in [6.45, 7) is 11.8. The molecule has 0 saturated carbocycles. The van der Waals surface area contributed by atoms with E-state index in [-0.39, 0.29) is 0 Å². The van der Waals surface area contributed by atoms with Gasteiger partial charge in [-0.15, -0.1) is 0 Å². The van der Waals surface area contributed by atoms with Gasteiger partial charge >= 0.3 is 0 Å². The molecule has 1 N–H and O–H groups in total. The number of nitrogens with one attached hydrogen (secondary N) is 1. The first-order valence-corrected chi connectivity index (χ1v) is 6.86. The number of rotatable bonds is 3. The van der Waals surface area contributed by atoms with Crippen LogP contribution in [0.5, 0.6) is 0 Å². The minimum Gasteiger partial charge on any atom is -0.381 e. The van der Waals surface area contributed by atoms with Crippen LogP contribution in [-0.2, 0) is 6.54 Å². The molecule has 0 spiro atoms. The zero-order chi connectivity index (χ0) is 14.0. The standard InChI is InChI=1S/C18H23N/c1-12-9-15(4)17(16(5)10-12)11-19-18-13(2)7-6-8-14(18)3/h6-10,19H,11H2,1-5H3. The van der Waals surface area contributed by atoms with Gasteiger partial charge in [0.15, 0.2) is 0 Å². The predicted molar refractivity (Wildman–Crippen MR) is 83.9 cm³/mol. The number of aryl methyl sites for hydroxylation is 5. The van der Waals surface area contributed by atoms with E-state index in [0.717, 1.165) is 6.54 Å². The highest BCUT2D eigenvalue weighted by Crippen LogP contribution is 2.22. The monoisotopic (exact) mass is 253 g/mol. The average molecular weight is 253 g/mol. The Kier molecular flexibility index (Phi) is 3.94. The summed E-state index contributed by atoms with van der Waals surface area (Å²) in [6.07, 6.45) is 0. The Morgan fingerprint density at radius 1 is 0.789 bits per heavy atom. The molecule has 0 amide bonds. The number of benzene rings is 2. The van der Waals surface area contributed by atoms with Crippen molar-refractivity contribution >= 4 is 5.69 Å². The second kappa shape index (κ2) is 5.48. The van der Waals surface area contributed by atoms with Gasteiger partial charge in [-0.1, -0.05) is 35.9 Å². The quantitative estimate of drug-likeness (QED) is 0.825. The normalized spacial score (nSPS) is 10.6. The van der Waals surface area contributed by atoms with Gasteiger partial charge in [0.25, 0.3) is 0 Å². The van der Waals surface area contributed by atoms with Crippen molar-refractivity contribution in [1.29, 1.82) is 0 Å². The molecule has 0 bridgehead atoms. The molecule has 0 saturated heterocycles. The van der Waals surface area contributed by atoms with Crippen molar-refractivity contribution in [1.82, 2.24) is 0 Å². The molecule has 0 aliphatic heterocycles. The molecular weight excluding hydrogens is 230 g/mol. The zero-order valence-corrected chi connectivity index (χ0v) is 12.6. The van der Waals surface area contributed by atoms with Crippen LogP contribution in [0.1, 0.15) is 33.4 Å². The molecule has 0 aliphatic rings. The highest BCUT2D eigenvalue weighted by molar-refractivity contribution is 5.57. The van der Waals surface area contributed by atoms with E-state index >= 15 is 0 Å². The average Bonchev–Trinajstić information content (AvgIpc) is 2.31. The van der Waals surface area contributed by atoms with Crippen molar-refractivity contribution in [3.8, 4) is 0 Å². The van der Waals surface area contributed by atoms with Crippen LogP contribution in [0, 0.1) is 34.6 Å². The second-order valence-corrected chi connectivity index (χ2v) is 5.50. The third-order valence-corrected chi connectivity index (χ3v) is 3.76. The van der Waals surface area contributed by atoms with Crippen LogP contribution in [0.15, 0.2) is 30.3 Å². The fourth-order valence-corrected chi connectivity index (χ4v) is 2.76. The van der Waals surface area contributed by atoms with Crippen LogP contribution in [0.4, 0.5) is 5.69 Å². The summed E-state index contributed by atoms with van der Waals surface area (Å²) in [5.74, 6) is 0. The van der Waals surface area contributed by atoms with Crippen molar-refractivity contribution in [2.45, 2.75) is 41.2 Å². The van der Waals surface area contributed by atoms with Gasteiger partial charge in [-0.3, -0.25) is 0 Å². The summed E-state index contributed by atoms with van der Waals surface area (Å²) in [5.41, 5.74) is 9.37. The maximum Gasteiger partial charge on any atom is 0.0406 e. The first kappa shape index (κ1) is 13.7. The largest absolute Gasteiger partial charge is 0.381 e. The summed E-state index contributed by atoms with van der Waals surface area (Å²) in [6, 6.07) is 10.9. The molecule has 2 aromatic carbocycles. The molecule has 0 aliphatic carbocycles. The Hall–Kier alpha value is -1.76. The smallest absolute Gasteiger partial charge is 0.0406 e. The van der Waals surface area contributed by atoms with E-state index < -0.39 is 0 Å². The van der Waals surface area contributed by atoms with Crippen LogP contribution < -0.4 is 5.32 Å². The van der Waals surface area contributed by atoms with Crippen LogP contribution in [0.25, 0.3) is 0 Å². The van der Waals surface area contributed by atoms with E-state index in [1.54, 1.807) is 0 Å². The van der Waals surface area contributed by atoms with E-state index in [0.29, 0.717) is 0 Å². The first-order chi connectivity index (χ1) is 8.99. The fourth-order valence-electron chi connectivity index (χ4n) is 2.76. The maximum absolute atomic E-state index is 3.60. The molecule has 2 rings (SSSR count). The predicted octanol–water partition coefficient (Wildman–Crippen LogP) is 4.84. The lowest BCUT2D eigenvalue weighted by atomic mass is 9.99. The van der Waals surface area contributed by atoms with Crippen LogP contribution in [0.2, 0.25) is 0 Å². The third-order valence-electron chi connectivity index (χ3n) is 3.76. The Labute approximate surface area is 116 Å². The molecule has 2 aromatic rings. The lowest BCUT2D eigenvalue weighted by Crippen LogP contribution is -2.06. The van der Waals surface area contributed by atoms with E-state index in [1.165, 1.54) is 39.1 Å². The topological polar surface area (TPSA) is 12.0 Å². The lowest BCUT2D eigenvalue weighted by Gasteiger charge is -2.16. The zero-order valence-electron chi connectivity index (χ0n) is 12.6. The maximum atomic E-state index is 3.60. The van der Waals surface area contributed by atoms with Crippen LogP contribution in [-0.4, -0.2) is 0 Å².